The number of nitrogens with two attached hydrogens (primary N) is 1. The standard InChI is InChI=1S/C30H47NO4/c31-20-19-27-14-13-25(23-27)9-4-2-1-3-8-24(22-26-15-17-29(33)18-16-26)10-5-6-11-28(30(34)35)12-7-21-32/h5-6,15-18,23-25,28,32-33H,1-4,7-14,19-22,31H2,(H,34,35)/b6-5+/t24-,25+,28+/m1/s1. The van der Waals surface area contributed by atoms with Gasteiger partial charge in [0.2, 0.25) is 0 Å². The van der Waals surface area contributed by atoms with Crippen molar-refractivity contribution in [2.45, 2.75) is 89.9 Å². The fourth-order valence-corrected chi connectivity index (χ4v) is 5.18. The van der Waals surface area contributed by atoms with E-state index >= 15 is 0 Å². The van der Waals surface area contributed by atoms with Crippen molar-refractivity contribution in [3.8, 4) is 5.75 Å². The maximum absolute atomic E-state index is 11.4. The topological polar surface area (TPSA) is 104 Å². The summed E-state index contributed by atoms with van der Waals surface area (Å²) in [6.07, 6.45) is 21.2. The van der Waals surface area contributed by atoms with Gasteiger partial charge in [-0.05, 0) is 100 Å². The van der Waals surface area contributed by atoms with Crippen molar-refractivity contribution in [2.75, 3.05) is 13.2 Å². The van der Waals surface area contributed by atoms with Crippen molar-refractivity contribution in [1.29, 1.82) is 0 Å². The van der Waals surface area contributed by atoms with Crippen LogP contribution in [0.3, 0.4) is 0 Å². The van der Waals surface area contributed by atoms with Gasteiger partial charge in [0.05, 0.1) is 5.92 Å². The number of phenolic OH excluding ortho intramolecular Hbond substituents is 1. The first-order valence-electron chi connectivity index (χ1n) is 13.7. The Labute approximate surface area is 212 Å². The quantitative estimate of drug-likeness (QED) is 0.134. The number of carboxylic acid groups (broad SMARTS) is 1. The molecule has 1 aromatic carbocycles. The summed E-state index contributed by atoms with van der Waals surface area (Å²) in [6, 6.07) is 7.49. The van der Waals surface area contributed by atoms with Crippen molar-refractivity contribution in [2.24, 2.45) is 23.5 Å². The number of benzene rings is 1. The van der Waals surface area contributed by atoms with Gasteiger partial charge in [-0.3, -0.25) is 4.79 Å². The van der Waals surface area contributed by atoms with Crippen molar-refractivity contribution in [3.05, 3.63) is 53.6 Å². The third-order valence-electron chi connectivity index (χ3n) is 7.29. The van der Waals surface area contributed by atoms with Gasteiger partial charge in [0.25, 0.3) is 0 Å². The predicted octanol–water partition coefficient (Wildman–Crippen LogP) is 6.39. The van der Waals surface area contributed by atoms with Gasteiger partial charge in [-0.25, -0.2) is 0 Å². The molecular formula is C30H47NO4. The molecule has 3 atom stereocenters. The lowest BCUT2D eigenvalue weighted by atomic mass is 9.90. The average molecular weight is 486 g/mol. The molecule has 5 nitrogen and oxygen atoms in total. The van der Waals surface area contributed by atoms with Crippen LogP contribution in [0, 0.1) is 17.8 Å². The summed E-state index contributed by atoms with van der Waals surface area (Å²) < 4.78 is 0. The molecule has 196 valence electrons. The van der Waals surface area contributed by atoms with Gasteiger partial charge < -0.3 is 21.1 Å². The highest BCUT2D eigenvalue weighted by atomic mass is 16.4. The van der Waals surface area contributed by atoms with E-state index in [4.69, 9.17) is 10.8 Å². The summed E-state index contributed by atoms with van der Waals surface area (Å²) in [6.45, 7) is 0.803. The van der Waals surface area contributed by atoms with Gasteiger partial charge in [0.15, 0.2) is 0 Å². The Balaban J connectivity index is 1.75. The maximum atomic E-state index is 11.4. The molecule has 0 fully saturated rings. The fourth-order valence-electron chi connectivity index (χ4n) is 5.18. The largest absolute Gasteiger partial charge is 0.508 e. The number of carbonyl (C=O) groups is 1. The Bertz CT molecular complexity index is 771. The second-order valence-electron chi connectivity index (χ2n) is 10.2. The minimum Gasteiger partial charge on any atom is -0.508 e. The van der Waals surface area contributed by atoms with Gasteiger partial charge >= 0.3 is 5.97 Å². The molecule has 1 aromatic rings. The number of allylic oxidation sites excluding steroid dienone is 3. The minimum atomic E-state index is -0.785. The highest BCUT2D eigenvalue weighted by molar-refractivity contribution is 5.70. The van der Waals surface area contributed by atoms with Crippen molar-refractivity contribution in [1.82, 2.24) is 0 Å². The monoisotopic (exact) mass is 485 g/mol. The molecule has 1 aliphatic carbocycles. The van der Waals surface area contributed by atoms with Crippen LogP contribution in [-0.2, 0) is 11.2 Å². The van der Waals surface area contributed by atoms with Gasteiger partial charge in [0.1, 0.15) is 5.75 Å². The molecular weight excluding hydrogens is 438 g/mol. The van der Waals surface area contributed by atoms with Crippen LogP contribution in [-0.4, -0.2) is 34.4 Å². The normalized spacial score (nSPS) is 17.5. The molecule has 1 aliphatic rings. The second-order valence-corrected chi connectivity index (χ2v) is 10.2. The molecule has 0 unspecified atom stereocenters. The maximum Gasteiger partial charge on any atom is 0.306 e. The summed E-state index contributed by atoms with van der Waals surface area (Å²) in [4.78, 5) is 11.4. The molecule has 5 heteroatoms. The number of aliphatic hydroxyl groups is 1. The molecule has 0 amide bonds. The Kier molecular flexibility index (Phi) is 14.4. The van der Waals surface area contributed by atoms with Crippen molar-refractivity contribution >= 4 is 5.97 Å². The summed E-state index contributed by atoms with van der Waals surface area (Å²) >= 11 is 0. The van der Waals surface area contributed by atoms with Crippen LogP contribution in [0.5, 0.6) is 5.75 Å². The van der Waals surface area contributed by atoms with E-state index in [0.717, 1.165) is 38.1 Å². The molecule has 0 saturated carbocycles. The zero-order valence-corrected chi connectivity index (χ0v) is 21.4. The predicted molar refractivity (Wildman–Crippen MR) is 143 cm³/mol. The fraction of sp³-hybridized carbons (Fsp3) is 0.633. The van der Waals surface area contributed by atoms with Gasteiger partial charge in [0, 0.05) is 6.61 Å². The van der Waals surface area contributed by atoms with Crippen LogP contribution in [0.2, 0.25) is 0 Å². The Morgan fingerprint density at radius 3 is 2.49 bits per heavy atom. The van der Waals surface area contributed by atoms with E-state index in [2.05, 4.69) is 12.2 Å². The lowest BCUT2D eigenvalue weighted by Crippen LogP contribution is -2.13. The van der Waals surface area contributed by atoms with Crippen LogP contribution in [0.1, 0.15) is 89.0 Å². The van der Waals surface area contributed by atoms with Crippen LogP contribution >= 0.6 is 0 Å². The summed E-state index contributed by atoms with van der Waals surface area (Å²) in [7, 11) is 0. The van der Waals surface area contributed by atoms with Crippen molar-refractivity contribution in [3.63, 3.8) is 0 Å². The SMILES string of the molecule is NCCC1=C[C@@H](CCCCCC[C@H](C/C=C/C[C@@H](CCCO)C(=O)O)Cc2ccc(O)cc2)CC1. The number of aromatic hydroxyl groups is 1. The average Bonchev–Trinajstić information content (AvgIpc) is 3.29. The molecule has 0 saturated heterocycles. The Hall–Kier alpha value is -2.11. The number of carboxylic acids is 1. The van der Waals surface area contributed by atoms with Crippen LogP contribution in [0.15, 0.2) is 48.1 Å². The molecule has 0 aromatic heterocycles. The molecule has 0 aliphatic heterocycles. The number of aliphatic carboxylic acids is 1. The summed E-state index contributed by atoms with van der Waals surface area (Å²) in [5.41, 5.74) is 8.47. The minimum absolute atomic E-state index is 0.0366. The molecule has 0 bridgehead atoms. The summed E-state index contributed by atoms with van der Waals surface area (Å²) in [5.74, 6) is 0.353. The van der Waals surface area contributed by atoms with Gasteiger partial charge in [-0.1, -0.05) is 61.6 Å². The van der Waals surface area contributed by atoms with E-state index in [0.29, 0.717) is 30.9 Å². The zero-order valence-electron chi connectivity index (χ0n) is 21.4. The van der Waals surface area contributed by atoms with Crippen LogP contribution in [0.25, 0.3) is 0 Å². The summed E-state index contributed by atoms with van der Waals surface area (Å²) in [5, 5.41) is 27.9. The highest BCUT2D eigenvalue weighted by Crippen LogP contribution is 2.30. The van der Waals surface area contributed by atoms with E-state index in [1.54, 1.807) is 17.7 Å². The number of hydrogen-bond acceptors (Lipinski definition) is 4. The van der Waals surface area contributed by atoms with Crippen LogP contribution in [0.4, 0.5) is 0 Å². The molecule has 0 heterocycles. The van der Waals surface area contributed by atoms with E-state index in [9.17, 15) is 15.0 Å². The number of hydrogen-bond donors (Lipinski definition) is 4. The Morgan fingerprint density at radius 2 is 1.77 bits per heavy atom. The number of phenols is 1. The number of unbranched alkanes of at least 4 members (excludes halogenated alkanes) is 3. The van der Waals surface area contributed by atoms with Gasteiger partial charge in [-0.2, -0.15) is 0 Å². The molecule has 2 rings (SSSR count). The number of rotatable bonds is 19. The van der Waals surface area contributed by atoms with E-state index in [1.165, 1.54) is 50.5 Å². The second kappa shape index (κ2) is 17.3. The molecule has 0 spiro atoms. The molecule has 5 N–H and O–H groups in total. The third-order valence-corrected chi connectivity index (χ3v) is 7.29. The van der Waals surface area contributed by atoms with Crippen molar-refractivity contribution < 1.29 is 20.1 Å². The van der Waals surface area contributed by atoms with E-state index in [-0.39, 0.29) is 6.61 Å². The first kappa shape index (κ1) is 29.1. The highest BCUT2D eigenvalue weighted by Gasteiger charge is 2.16. The third kappa shape index (κ3) is 12.4. The molecule has 0 radical (unpaired) electrons. The first-order chi connectivity index (χ1) is 17.0. The van der Waals surface area contributed by atoms with E-state index in [1.807, 2.05) is 18.2 Å². The lowest BCUT2D eigenvalue weighted by molar-refractivity contribution is -0.141. The van der Waals surface area contributed by atoms with Gasteiger partial charge in [-0.15, -0.1) is 0 Å². The first-order valence-corrected chi connectivity index (χ1v) is 13.7. The zero-order chi connectivity index (χ0) is 25.3. The number of aliphatic hydroxyl groups excluding tert-OH is 1. The van der Waals surface area contributed by atoms with Crippen LogP contribution < -0.4 is 5.73 Å². The lowest BCUT2D eigenvalue weighted by Gasteiger charge is -2.16. The molecule has 35 heavy (non-hydrogen) atoms. The van der Waals surface area contributed by atoms with E-state index < -0.39 is 11.9 Å². The Morgan fingerprint density at radius 1 is 1.03 bits per heavy atom. The smallest absolute Gasteiger partial charge is 0.306 e.